The molecule has 0 radical (unpaired) electrons. The first-order valence-electron chi connectivity index (χ1n) is 7.57. The normalized spacial score (nSPS) is 13.5. The summed E-state index contributed by atoms with van der Waals surface area (Å²) in [4.78, 5) is 12.3. The third-order valence-corrected chi connectivity index (χ3v) is 4.96. The van der Waals surface area contributed by atoms with Crippen molar-refractivity contribution in [3.8, 4) is 0 Å². The summed E-state index contributed by atoms with van der Waals surface area (Å²) >= 11 is 0. The lowest BCUT2D eigenvalue weighted by Gasteiger charge is -2.20. The van der Waals surface area contributed by atoms with Crippen LogP contribution < -0.4 is 10.0 Å². The lowest BCUT2D eigenvalue weighted by molar-refractivity contribution is 0.0935. The number of hydrogen-bond acceptors (Lipinski definition) is 4. The molecule has 0 aliphatic rings. The molecule has 0 saturated carbocycles. The molecule has 7 heteroatoms. The zero-order valence-electron chi connectivity index (χ0n) is 14.2. The topological polar surface area (TPSA) is 88.4 Å². The van der Waals surface area contributed by atoms with Crippen molar-refractivity contribution in [1.29, 1.82) is 0 Å². The highest BCUT2D eigenvalue weighted by atomic mass is 32.2. The second-order valence-electron chi connectivity index (χ2n) is 6.59. The number of carbonyl (C=O) groups excluding carboxylic acids is 1. The number of amides is 1. The van der Waals surface area contributed by atoms with Gasteiger partial charge in [-0.3, -0.25) is 4.79 Å². The minimum Gasteiger partial charge on any atom is -0.467 e. The van der Waals surface area contributed by atoms with Gasteiger partial charge in [0.05, 0.1) is 17.2 Å². The van der Waals surface area contributed by atoms with E-state index in [-0.39, 0.29) is 16.8 Å². The van der Waals surface area contributed by atoms with Crippen molar-refractivity contribution in [3.63, 3.8) is 0 Å². The Kier molecular flexibility index (Phi) is 5.15. The molecule has 0 aliphatic carbocycles. The number of sulfonamides is 1. The Balaban J connectivity index is 2.10. The van der Waals surface area contributed by atoms with Crippen molar-refractivity contribution < 1.29 is 17.6 Å². The van der Waals surface area contributed by atoms with Crippen LogP contribution in [0, 0.1) is 0 Å². The fourth-order valence-corrected chi connectivity index (χ4v) is 3.55. The van der Waals surface area contributed by atoms with Gasteiger partial charge in [0, 0.05) is 11.1 Å². The van der Waals surface area contributed by atoms with E-state index < -0.39 is 15.6 Å². The first-order chi connectivity index (χ1) is 11.1. The highest BCUT2D eigenvalue weighted by Crippen LogP contribution is 2.16. The van der Waals surface area contributed by atoms with Crippen molar-refractivity contribution in [1.82, 2.24) is 10.0 Å². The van der Waals surface area contributed by atoms with Gasteiger partial charge in [-0.25, -0.2) is 13.1 Å². The maximum absolute atomic E-state index is 12.2. The Morgan fingerprint density at radius 3 is 2.25 bits per heavy atom. The van der Waals surface area contributed by atoms with Gasteiger partial charge in [-0.1, -0.05) is 0 Å². The van der Waals surface area contributed by atoms with Crippen molar-refractivity contribution in [3.05, 3.63) is 54.0 Å². The molecule has 0 bridgehead atoms. The lowest BCUT2D eigenvalue weighted by Crippen LogP contribution is -2.40. The van der Waals surface area contributed by atoms with Crippen LogP contribution in [0.1, 0.15) is 49.9 Å². The molecule has 130 valence electrons. The van der Waals surface area contributed by atoms with Crippen LogP contribution in [-0.2, 0) is 10.0 Å². The minimum absolute atomic E-state index is 0.119. The van der Waals surface area contributed by atoms with Crippen LogP contribution in [0.3, 0.4) is 0 Å². The molecule has 0 aliphatic heterocycles. The van der Waals surface area contributed by atoms with Gasteiger partial charge in [0.25, 0.3) is 5.91 Å². The predicted octanol–water partition coefficient (Wildman–Crippen LogP) is 2.85. The van der Waals surface area contributed by atoms with Crippen LogP contribution >= 0.6 is 0 Å². The number of benzene rings is 1. The lowest BCUT2D eigenvalue weighted by atomic mass is 10.1. The molecule has 0 spiro atoms. The Bertz CT molecular complexity index is 788. The fraction of sp³-hybridized carbons (Fsp3) is 0.353. The third kappa shape index (κ3) is 4.69. The van der Waals surface area contributed by atoms with Crippen LogP contribution in [0.15, 0.2) is 52.0 Å². The summed E-state index contributed by atoms with van der Waals surface area (Å²) in [5, 5.41) is 2.80. The summed E-state index contributed by atoms with van der Waals surface area (Å²) in [6, 6.07) is 9.06. The molecule has 2 N–H and O–H groups in total. The van der Waals surface area contributed by atoms with E-state index >= 15 is 0 Å². The van der Waals surface area contributed by atoms with E-state index in [9.17, 15) is 13.2 Å². The molecule has 2 rings (SSSR count). The summed E-state index contributed by atoms with van der Waals surface area (Å²) in [7, 11) is -3.62. The van der Waals surface area contributed by atoms with E-state index in [2.05, 4.69) is 10.0 Å². The third-order valence-electron chi connectivity index (χ3n) is 3.18. The van der Waals surface area contributed by atoms with Crippen molar-refractivity contribution >= 4 is 15.9 Å². The second-order valence-corrected chi connectivity index (χ2v) is 8.27. The molecule has 0 fully saturated rings. The molecule has 1 atom stereocenters. The van der Waals surface area contributed by atoms with E-state index in [1.165, 1.54) is 24.3 Å². The maximum Gasteiger partial charge on any atom is 0.251 e. The zero-order valence-corrected chi connectivity index (χ0v) is 15.0. The van der Waals surface area contributed by atoms with E-state index in [0.717, 1.165) is 0 Å². The minimum atomic E-state index is -3.62. The van der Waals surface area contributed by atoms with Gasteiger partial charge in [0.2, 0.25) is 10.0 Å². The summed E-state index contributed by atoms with van der Waals surface area (Å²) in [6.07, 6.45) is 1.54. The van der Waals surface area contributed by atoms with Gasteiger partial charge in [-0.05, 0) is 64.1 Å². The predicted molar refractivity (Wildman–Crippen MR) is 91.1 cm³/mol. The molecular weight excluding hydrogens is 328 g/mol. The number of rotatable bonds is 5. The van der Waals surface area contributed by atoms with E-state index in [1.807, 2.05) is 6.92 Å². The van der Waals surface area contributed by atoms with E-state index in [4.69, 9.17) is 4.42 Å². The van der Waals surface area contributed by atoms with Gasteiger partial charge < -0.3 is 9.73 Å². The monoisotopic (exact) mass is 350 g/mol. The molecule has 0 saturated heterocycles. The number of hydrogen-bond donors (Lipinski definition) is 2. The Labute approximate surface area is 142 Å². The maximum atomic E-state index is 12.2. The molecule has 24 heavy (non-hydrogen) atoms. The first-order valence-corrected chi connectivity index (χ1v) is 9.05. The molecular formula is C17H22N2O4S. The van der Waals surface area contributed by atoms with Gasteiger partial charge in [0.15, 0.2) is 0 Å². The average Bonchev–Trinajstić information content (AvgIpc) is 2.99. The molecule has 2 aromatic rings. The van der Waals surface area contributed by atoms with Crippen molar-refractivity contribution in [2.24, 2.45) is 0 Å². The van der Waals surface area contributed by atoms with Crippen LogP contribution in [-0.4, -0.2) is 19.9 Å². The summed E-state index contributed by atoms with van der Waals surface area (Å²) in [5.41, 5.74) is -0.198. The summed E-state index contributed by atoms with van der Waals surface area (Å²) in [6.45, 7) is 7.11. The van der Waals surface area contributed by atoms with Gasteiger partial charge in [-0.2, -0.15) is 0 Å². The van der Waals surface area contributed by atoms with Gasteiger partial charge in [-0.15, -0.1) is 0 Å². The number of nitrogens with one attached hydrogen (secondary N) is 2. The fourth-order valence-electron chi connectivity index (χ4n) is 2.14. The molecule has 1 unspecified atom stereocenters. The number of carbonyl (C=O) groups is 1. The van der Waals surface area contributed by atoms with Crippen molar-refractivity contribution in [2.45, 2.75) is 44.2 Å². The smallest absolute Gasteiger partial charge is 0.251 e. The van der Waals surface area contributed by atoms with Gasteiger partial charge >= 0.3 is 0 Å². The van der Waals surface area contributed by atoms with Crippen LogP contribution in [0.25, 0.3) is 0 Å². The molecule has 1 heterocycles. The molecule has 1 aromatic carbocycles. The van der Waals surface area contributed by atoms with Crippen molar-refractivity contribution in [2.75, 3.05) is 0 Å². The van der Waals surface area contributed by atoms with Crippen LogP contribution in [0.4, 0.5) is 0 Å². The Morgan fingerprint density at radius 2 is 1.75 bits per heavy atom. The Morgan fingerprint density at radius 1 is 1.12 bits per heavy atom. The zero-order chi connectivity index (χ0) is 18.0. The average molecular weight is 350 g/mol. The van der Waals surface area contributed by atoms with E-state index in [1.54, 1.807) is 39.2 Å². The molecule has 1 amide bonds. The summed E-state index contributed by atoms with van der Waals surface area (Å²) < 4.78 is 32.3. The molecule has 6 nitrogen and oxygen atoms in total. The highest BCUT2D eigenvalue weighted by Gasteiger charge is 2.22. The standard InChI is InChI=1S/C17H22N2O4S/c1-12(15-6-5-11-23-15)18-16(20)13-7-9-14(10-8-13)24(21,22)19-17(2,3)4/h5-12,19H,1-4H3,(H,18,20). The first kappa shape index (κ1) is 18.2. The van der Waals surface area contributed by atoms with Crippen LogP contribution in [0.5, 0.6) is 0 Å². The van der Waals surface area contributed by atoms with E-state index in [0.29, 0.717) is 11.3 Å². The van der Waals surface area contributed by atoms with Crippen LogP contribution in [0.2, 0.25) is 0 Å². The quantitative estimate of drug-likeness (QED) is 0.868. The second kappa shape index (κ2) is 6.78. The summed E-state index contributed by atoms with van der Waals surface area (Å²) in [5.74, 6) is 0.351. The highest BCUT2D eigenvalue weighted by molar-refractivity contribution is 7.89. The van der Waals surface area contributed by atoms with Gasteiger partial charge in [0.1, 0.15) is 5.76 Å². The Hall–Kier alpha value is -2.12. The molecule has 1 aromatic heterocycles. The number of furan rings is 1. The largest absolute Gasteiger partial charge is 0.467 e. The SMILES string of the molecule is CC(NC(=O)c1ccc(S(=O)(=O)NC(C)(C)C)cc1)c1ccco1.